The van der Waals surface area contributed by atoms with Crippen LogP contribution >= 0.6 is 0 Å². The van der Waals surface area contributed by atoms with Gasteiger partial charge in [0.1, 0.15) is 23.3 Å². The number of hydrogen-bond donors (Lipinski definition) is 2. The molecular formula is C12H12F2N4. The Morgan fingerprint density at radius 1 is 1.22 bits per heavy atom. The van der Waals surface area contributed by atoms with Crippen molar-refractivity contribution in [3.63, 3.8) is 0 Å². The molecule has 0 aliphatic carbocycles. The van der Waals surface area contributed by atoms with Crippen molar-refractivity contribution < 1.29 is 8.78 Å². The van der Waals surface area contributed by atoms with Crippen molar-refractivity contribution >= 4 is 5.82 Å². The average Bonchev–Trinajstić information content (AvgIpc) is 2.38. The smallest absolute Gasteiger partial charge is 0.144 e. The summed E-state index contributed by atoms with van der Waals surface area (Å²) in [4.78, 5) is 8.05. The molecule has 2 rings (SSSR count). The highest BCUT2D eigenvalue weighted by Crippen LogP contribution is 2.11. The first-order valence-electron chi connectivity index (χ1n) is 5.39. The summed E-state index contributed by atoms with van der Waals surface area (Å²) >= 11 is 0. The Labute approximate surface area is 103 Å². The number of hydrogen-bond acceptors (Lipinski definition) is 4. The molecule has 94 valence electrons. The van der Waals surface area contributed by atoms with Crippen LogP contribution in [0.15, 0.2) is 30.5 Å². The maximum Gasteiger partial charge on any atom is 0.144 e. The highest BCUT2D eigenvalue weighted by Gasteiger charge is 2.04. The van der Waals surface area contributed by atoms with Gasteiger partial charge in [0.2, 0.25) is 0 Å². The molecule has 0 aliphatic rings. The van der Waals surface area contributed by atoms with E-state index in [1.54, 1.807) is 12.3 Å². The predicted octanol–water partition coefficient (Wildman–Crippen LogP) is 1.83. The zero-order valence-corrected chi connectivity index (χ0v) is 9.53. The van der Waals surface area contributed by atoms with Gasteiger partial charge >= 0.3 is 0 Å². The molecule has 0 saturated carbocycles. The van der Waals surface area contributed by atoms with Crippen LogP contribution in [0.25, 0.3) is 0 Å². The van der Waals surface area contributed by atoms with Crippen LogP contribution in [0, 0.1) is 11.6 Å². The number of nitrogens with zero attached hydrogens (tertiary/aromatic N) is 2. The maximum absolute atomic E-state index is 13.4. The molecule has 1 aromatic heterocycles. The summed E-state index contributed by atoms with van der Waals surface area (Å²) in [5, 5.41) is 2.93. The molecule has 3 N–H and O–H groups in total. The lowest BCUT2D eigenvalue weighted by Crippen LogP contribution is -2.07. The van der Waals surface area contributed by atoms with Gasteiger partial charge in [0.25, 0.3) is 0 Å². The van der Waals surface area contributed by atoms with E-state index in [2.05, 4.69) is 15.3 Å². The van der Waals surface area contributed by atoms with Crippen LogP contribution in [0.5, 0.6) is 0 Å². The molecule has 0 spiro atoms. The van der Waals surface area contributed by atoms with Crippen LogP contribution in [-0.2, 0) is 13.1 Å². The number of nitrogens with one attached hydrogen (secondary N) is 1. The molecule has 6 heteroatoms. The molecule has 18 heavy (non-hydrogen) atoms. The second kappa shape index (κ2) is 5.50. The van der Waals surface area contributed by atoms with E-state index in [1.807, 2.05) is 0 Å². The van der Waals surface area contributed by atoms with Crippen LogP contribution in [0.1, 0.15) is 11.4 Å². The highest BCUT2D eigenvalue weighted by molar-refractivity contribution is 5.34. The van der Waals surface area contributed by atoms with Crippen LogP contribution in [0.3, 0.4) is 0 Å². The lowest BCUT2D eigenvalue weighted by molar-refractivity contribution is 0.574. The van der Waals surface area contributed by atoms with Crippen molar-refractivity contribution in [3.8, 4) is 0 Å². The third-order valence-corrected chi connectivity index (χ3v) is 2.36. The standard InChI is InChI=1S/C12H12F2N4/c13-9-2-1-8(10(14)5-9)7-17-11-3-4-16-12(6-15)18-11/h1-5H,6-7,15H2,(H,16,17,18). The average molecular weight is 250 g/mol. The summed E-state index contributed by atoms with van der Waals surface area (Å²) in [5.74, 6) is -0.131. The van der Waals surface area contributed by atoms with Crippen molar-refractivity contribution in [1.29, 1.82) is 0 Å². The highest BCUT2D eigenvalue weighted by atomic mass is 19.1. The van der Waals surface area contributed by atoms with Gasteiger partial charge in [0, 0.05) is 24.4 Å². The van der Waals surface area contributed by atoms with Gasteiger partial charge in [0.05, 0.1) is 6.54 Å². The summed E-state index contributed by atoms with van der Waals surface area (Å²) in [6, 6.07) is 5.11. The fourth-order valence-electron chi connectivity index (χ4n) is 1.45. The molecule has 0 unspecified atom stereocenters. The van der Waals surface area contributed by atoms with Gasteiger partial charge in [-0.1, -0.05) is 6.07 Å². The maximum atomic E-state index is 13.4. The molecule has 0 aliphatic heterocycles. The topological polar surface area (TPSA) is 63.8 Å². The van der Waals surface area contributed by atoms with E-state index in [9.17, 15) is 8.78 Å². The van der Waals surface area contributed by atoms with Crippen LogP contribution in [-0.4, -0.2) is 9.97 Å². The van der Waals surface area contributed by atoms with E-state index >= 15 is 0 Å². The Morgan fingerprint density at radius 3 is 2.78 bits per heavy atom. The summed E-state index contributed by atoms with van der Waals surface area (Å²) in [7, 11) is 0. The Hall–Kier alpha value is -2.08. The fourth-order valence-corrected chi connectivity index (χ4v) is 1.45. The number of halogens is 2. The molecule has 1 heterocycles. The minimum atomic E-state index is -0.594. The van der Waals surface area contributed by atoms with Gasteiger partial charge in [-0.25, -0.2) is 18.7 Å². The van der Waals surface area contributed by atoms with Crippen LogP contribution in [0.4, 0.5) is 14.6 Å². The molecule has 0 atom stereocenters. The van der Waals surface area contributed by atoms with E-state index in [-0.39, 0.29) is 13.1 Å². The Balaban J connectivity index is 2.06. The molecule has 1 aromatic carbocycles. The van der Waals surface area contributed by atoms with E-state index in [0.717, 1.165) is 6.07 Å². The molecule has 0 fully saturated rings. The summed E-state index contributed by atoms with van der Waals surface area (Å²) < 4.78 is 26.1. The lowest BCUT2D eigenvalue weighted by atomic mass is 10.2. The van der Waals surface area contributed by atoms with E-state index in [0.29, 0.717) is 17.2 Å². The first-order valence-corrected chi connectivity index (χ1v) is 5.39. The molecule has 0 radical (unpaired) electrons. The van der Waals surface area contributed by atoms with Gasteiger partial charge in [-0.05, 0) is 12.1 Å². The van der Waals surface area contributed by atoms with E-state index in [4.69, 9.17) is 5.73 Å². The Morgan fingerprint density at radius 2 is 2.06 bits per heavy atom. The number of aromatic nitrogens is 2. The first-order chi connectivity index (χ1) is 8.69. The van der Waals surface area contributed by atoms with Gasteiger partial charge in [-0.15, -0.1) is 0 Å². The summed E-state index contributed by atoms with van der Waals surface area (Å²) in [6.07, 6.45) is 1.57. The van der Waals surface area contributed by atoms with Crippen LogP contribution in [0.2, 0.25) is 0 Å². The minimum absolute atomic E-state index is 0.215. The second-order valence-electron chi connectivity index (χ2n) is 3.65. The Bertz CT molecular complexity index is 545. The number of anilines is 1. The zero-order chi connectivity index (χ0) is 13.0. The fraction of sp³-hybridized carbons (Fsp3) is 0.167. The van der Waals surface area contributed by atoms with Crippen molar-refractivity contribution in [1.82, 2.24) is 9.97 Å². The summed E-state index contributed by atoms with van der Waals surface area (Å²) in [5.41, 5.74) is 5.78. The number of nitrogens with two attached hydrogens (primary N) is 1. The third kappa shape index (κ3) is 2.98. The van der Waals surface area contributed by atoms with Crippen molar-refractivity contribution in [2.45, 2.75) is 13.1 Å². The van der Waals surface area contributed by atoms with Gasteiger partial charge in [0.15, 0.2) is 0 Å². The SMILES string of the molecule is NCc1nccc(NCc2ccc(F)cc2F)n1. The van der Waals surface area contributed by atoms with E-state index in [1.165, 1.54) is 12.1 Å². The quantitative estimate of drug-likeness (QED) is 0.868. The van der Waals surface area contributed by atoms with Crippen molar-refractivity contribution in [2.75, 3.05) is 5.32 Å². The Kier molecular flexibility index (Phi) is 3.78. The third-order valence-electron chi connectivity index (χ3n) is 2.36. The first kappa shape index (κ1) is 12.4. The van der Waals surface area contributed by atoms with Crippen molar-refractivity contribution in [3.05, 3.63) is 53.5 Å². The van der Waals surface area contributed by atoms with Crippen LogP contribution < -0.4 is 11.1 Å². The molecular weight excluding hydrogens is 238 g/mol. The normalized spacial score (nSPS) is 10.4. The molecule has 2 aromatic rings. The minimum Gasteiger partial charge on any atom is -0.366 e. The molecule has 0 amide bonds. The number of benzene rings is 1. The molecule has 0 bridgehead atoms. The predicted molar refractivity (Wildman–Crippen MR) is 63.6 cm³/mol. The largest absolute Gasteiger partial charge is 0.366 e. The van der Waals surface area contributed by atoms with Crippen molar-refractivity contribution in [2.24, 2.45) is 5.73 Å². The van der Waals surface area contributed by atoms with Gasteiger partial charge < -0.3 is 11.1 Å². The van der Waals surface area contributed by atoms with E-state index < -0.39 is 11.6 Å². The van der Waals surface area contributed by atoms with Gasteiger partial charge in [-0.2, -0.15) is 0 Å². The molecule has 4 nitrogen and oxygen atoms in total. The second-order valence-corrected chi connectivity index (χ2v) is 3.65. The number of rotatable bonds is 4. The molecule has 0 saturated heterocycles. The summed E-state index contributed by atoms with van der Waals surface area (Å²) in [6.45, 7) is 0.452. The lowest BCUT2D eigenvalue weighted by Gasteiger charge is -2.07. The zero-order valence-electron chi connectivity index (χ0n) is 9.53. The van der Waals surface area contributed by atoms with Gasteiger partial charge in [-0.3, -0.25) is 0 Å². The monoisotopic (exact) mass is 250 g/mol.